The Balaban J connectivity index is 0.00000225. The Labute approximate surface area is 112 Å². The van der Waals surface area contributed by atoms with Crippen molar-refractivity contribution < 1.29 is 4.39 Å². The number of aliphatic imine (C=N–C) groups is 1. The highest BCUT2D eigenvalue weighted by atomic mass is 127. The zero-order chi connectivity index (χ0) is 11.1. The summed E-state index contributed by atoms with van der Waals surface area (Å²) in [6.07, 6.45) is 2.50. The summed E-state index contributed by atoms with van der Waals surface area (Å²) >= 11 is 0. The molecule has 3 N–H and O–H groups in total. The van der Waals surface area contributed by atoms with Crippen LogP contribution in [0.3, 0.4) is 0 Å². The number of guanidine groups is 1. The van der Waals surface area contributed by atoms with Crippen LogP contribution in [0.4, 0.5) is 4.39 Å². The molecule has 1 heterocycles. The van der Waals surface area contributed by atoms with Crippen molar-refractivity contribution in [3.05, 3.63) is 29.8 Å². The van der Waals surface area contributed by atoms with E-state index in [9.17, 15) is 4.39 Å². The minimum absolute atomic E-state index is 0. The van der Waals surface area contributed by atoms with Crippen LogP contribution < -0.4 is 11.1 Å². The van der Waals surface area contributed by atoms with Crippen molar-refractivity contribution in [3.63, 3.8) is 0 Å². The van der Waals surface area contributed by atoms with Crippen molar-refractivity contribution in [3.8, 4) is 0 Å². The predicted octanol–water partition coefficient (Wildman–Crippen LogP) is 1.65. The van der Waals surface area contributed by atoms with E-state index in [-0.39, 0.29) is 36.3 Å². The van der Waals surface area contributed by atoms with E-state index in [4.69, 9.17) is 5.73 Å². The molecule has 1 aromatic heterocycles. The molecule has 0 amide bonds. The lowest BCUT2D eigenvalue weighted by molar-refractivity contribution is 0.599. The molecular weight excluding hydrogens is 322 g/mol. The number of hydrogen-bond donors (Lipinski definition) is 2. The minimum atomic E-state index is -0.357. The topological polar surface area (TPSA) is 63.3 Å². The summed E-state index contributed by atoms with van der Waals surface area (Å²) in [7, 11) is 0. The van der Waals surface area contributed by atoms with Gasteiger partial charge in [-0.1, -0.05) is 6.92 Å². The summed E-state index contributed by atoms with van der Waals surface area (Å²) in [5.41, 5.74) is 5.85. The molecule has 0 atom stereocenters. The number of aromatic nitrogens is 1. The molecule has 0 unspecified atom stereocenters. The average Bonchev–Trinajstić information content (AvgIpc) is 2.25. The molecule has 0 saturated carbocycles. The summed E-state index contributed by atoms with van der Waals surface area (Å²) in [6, 6.07) is 2.90. The van der Waals surface area contributed by atoms with E-state index in [0.29, 0.717) is 11.7 Å². The van der Waals surface area contributed by atoms with Gasteiger partial charge in [-0.3, -0.25) is 4.98 Å². The summed E-state index contributed by atoms with van der Waals surface area (Å²) in [5, 5.41) is 2.90. The van der Waals surface area contributed by atoms with Gasteiger partial charge in [-0.05, 0) is 18.6 Å². The van der Waals surface area contributed by atoms with Crippen molar-refractivity contribution in [1.29, 1.82) is 0 Å². The molecule has 0 radical (unpaired) electrons. The minimum Gasteiger partial charge on any atom is -0.370 e. The molecule has 0 spiro atoms. The Hall–Kier alpha value is -0.920. The van der Waals surface area contributed by atoms with Gasteiger partial charge >= 0.3 is 0 Å². The van der Waals surface area contributed by atoms with Crippen LogP contribution in [0.5, 0.6) is 0 Å². The van der Waals surface area contributed by atoms with E-state index in [0.717, 1.165) is 13.0 Å². The summed E-state index contributed by atoms with van der Waals surface area (Å²) in [5.74, 6) is -0.0357. The lowest BCUT2D eigenvalue weighted by Gasteiger charge is -2.03. The first-order valence-corrected chi connectivity index (χ1v) is 4.87. The fraction of sp³-hybridized carbons (Fsp3) is 0.400. The molecule has 16 heavy (non-hydrogen) atoms. The monoisotopic (exact) mass is 338 g/mol. The van der Waals surface area contributed by atoms with Gasteiger partial charge in [0.25, 0.3) is 0 Å². The van der Waals surface area contributed by atoms with E-state index in [2.05, 4.69) is 15.3 Å². The number of rotatable bonds is 4. The second kappa shape index (κ2) is 8.26. The van der Waals surface area contributed by atoms with Crippen molar-refractivity contribution in [2.75, 3.05) is 6.54 Å². The molecule has 0 aliphatic rings. The van der Waals surface area contributed by atoms with Gasteiger partial charge in [0.05, 0.1) is 12.2 Å². The molecular formula is C10H16FIN4. The highest BCUT2D eigenvalue weighted by molar-refractivity contribution is 14.0. The van der Waals surface area contributed by atoms with Gasteiger partial charge in [0.15, 0.2) is 5.96 Å². The zero-order valence-corrected chi connectivity index (χ0v) is 11.4. The third-order valence-corrected chi connectivity index (χ3v) is 1.79. The second-order valence-electron chi connectivity index (χ2n) is 3.06. The molecule has 0 saturated heterocycles. The van der Waals surface area contributed by atoms with Gasteiger partial charge in [0, 0.05) is 12.7 Å². The van der Waals surface area contributed by atoms with E-state index in [1.54, 1.807) is 6.07 Å². The third-order valence-electron chi connectivity index (χ3n) is 1.79. The summed E-state index contributed by atoms with van der Waals surface area (Å²) in [4.78, 5) is 7.84. The van der Waals surface area contributed by atoms with E-state index >= 15 is 0 Å². The van der Waals surface area contributed by atoms with Gasteiger partial charge in [0.1, 0.15) is 5.82 Å². The average molecular weight is 338 g/mol. The standard InChI is InChI=1S/C10H15FN4.HI/c1-2-5-14-10(12)15-7-9-8(11)4-3-6-13-9;/h3-4,6H,2,5,7H2,1H3,(H3,12,14,15);1H. The van der Waals surface area contributed by atoms with Crippen LogP contribution in [0.1, 0.15) is 19.0 Å². The SMILES string of the molecule is CCCNC(N)=NCc1ncccc1F.I. The number of nitrogens with one attached hydrogen (secondary N) is 1. The van der Waals surface area contributed by atoms with E-state index < -0.39 is 0 Å². The van der Waals surface area contributed by atoms with Crippen LogP contribution in [0.25, 0.3) is 0 Å². The molecule has 90 valence electrons. The normalized spacial score (nSPS) is 10.8. The van der Waals surface area contributed by atoms with Crippen molar-refractivity contribution >= 4 is 29.9 Å². The second-order valence-corrected chi connectivity index (χ2v) is 3.06. The Bertz CT molecular complexity index is 343. The fourth-order valence-corrected chi connectivity index (χ4v) is 1.00. The molecule has 0 bridgehead atoms. The van der Waals surface area contributed by atoms with Crippen molar-refractivity contribution in [1.82, 2.24) is 10.3 Å². The molecule has 6 heteroatoms. The Morgan fingerprint density at radius 1 is 1.62 bits per heavy atom. The fourth-order valence-electron chi connectivity index (χ4n) is 1.00. The van der Waals surface area contributed by atoms with Crippen LogP contribution in [0.15, 0.2) is 23.3 Å². The number of nitrogens with two attached hydrogens (primary N) is 1. The Morgan fingerprint density at radius 2 is 2.38 bits per heavy atom. The van der Waals surface area contributed by atoms with Crippen LogP contribution in [0, 0.1) is 5.82 Å². The van der Waals surface area contributed by atoms with E-state index in [1.165, 1.54) is 12.3 Å². The molecule has 0 fully saturated rings. The largest absolute Gasteiger partial charge is 0.370 e. The molecule has 0 aliphatic carbocycles. The smallest absolute Gasteiger partial charge is 0.188 e. The van der Waals surface area contributed by atoms with E-state index in [1.807, 2.05) is 6.92 Å². The van der Waals surface area contributed by atoms with Crippen LogP contribution >= 0.6 is 24.0 Å². The first-order chi connectivity index (χ1) is 7.24. The van der Waals surface area contributed by atoms with Crippen LogP contribution in [0.2, 0.25) is 0 Å². The van der Waals surface area contributed by atoms with Crippen molar-refractivity contribution in [2.24, 2.45) is 10.7 Å². The number of pyridine rings is 1. The number of halogens is 2. The maximum absolute atomic E-state index is 13.1. The first-order valence-electron chi connectivity index (χ1n) is 4.87. The Morgan fingerprint density at radius 3 is 3.00 bits per heavy atom. The maximum atomic E-state index is 13.1. The van der Waals surface area contributed by atoms with Crippen molar-refractivity contribution in [2.45, 2.75) is 19.9 Å². The lowest BCUT2D eigenvalue weighted by atomic mass is 10.3. The predicted molar refractivity (Wildman–Crippen MR) is 73.2 cm³/mol. The quantitative estimate of drug-likeness (QED) is 0.499. The molecule has 4 nitrogen and oxygen atoms in total. The lowest BCUT2D eigenvalue weighted by Crippen LogP contribution is -2.32. The van der Waals surface area contributed by atoms with Gasteiger partial charge in [-0.15, -0.1) is 24.0 Å². The van der Waals surface area contributed by atoms with Crippen LogP contribution in [-0.4, -0.2) is 17.5 Å². The highest BCUT2D eigenvalue weighted by Gasteiger charge is 2.00. The molecule has 1 aromatic rings. The van der Waals surface area contributed by atoms with Gasteiger partial charge in [0.2, 0.25) is 0 Å². The van der Waals surface area contributed by atoms with Gasteiger partial charge < -0.3 is 11.1 Å². The first kappa shape index (κ1) is 15.1. The number of nitrogens with zero attached hydrogens (tertiary/aromatic N) is 2. The van der Waals surface area contributed by atoms with Gasteiger partial charge in [-0.25, -0.2) is 9.38 Å². The number of hydrogen-bond acceptors (Lipinski definition) is 2. The zero-order valence-electron chi connectivity index (χ0n) is 9.11. The summed E-state index contributed by atoms with van der Waals surface area (Å²) < 4.78 is 13.1. The molecule has 1 rings (SSSR count). The third kappa shape index (κ3) is 5.24. The highest BCUT2D eigenvalue weighted by Crippen LogP contribution is 2.03. The van der Waals surface area contributed by atoms with Crippen LogP contribution in [-0.2, 0) is 6.54 Å². The Kier molecular flexibility index (Phi) is 7.78. The molecule has 0 aliphatic heterocycles. The van der Waals surface area contributed by atoms with Gasteiger partial charge in [-0.2, -0.15) is 0 Å². The molecule has 0 aromatic carbocycles. The maximum Gasteiger partial charge on any atom is 0.188 e. The summed E-state index contributed by atoms with van der Waals surface area (Å²) in [6.45, 7) is 2.95.